The first-order valence-corrected chi connectivity index (χ1v) is 21.7. The molecule has 0 spiro atoms. The first kappa shape index (κ1) is 41.7. The van der Waals surface area contributed by atoms with Crippen LogP contribution in [0.4, 0.5) is 4.79 Å². The number of pyridine rings is 2. The molecule has 59 heavy (non-hydrogen) atoms. The first-order valence-electron chi connectivity index (χ1n) is 20.2. The van der Waals surface area contributed by atoms with Crippen LogP contribution in [0.2, 0.25) is 0 Å². The molecule has 16 nitrogen and oxygen atoms in total. The molecular formula is C42H52N6O10S. The number of methoxy groups -OCH3 is 1. The number of nitrogens with one attached hydrogen (secondary N) is 3. The minimum absolute atomic E-state index is 0.0379. The van der Waals surface area contributed by atoms with E-state index in [1.165, 1.54) is 4.90 Å². The smallest absolute Gasteiger partial charge is 0.405 e. The Hall–Kier alpha value is -5.45. The maximum atomic E-state index is 14.6. The summed E-state index contributed by atoms with van der Waals surface area (Å²) in [6.45, 7) is 7.56. The standard InChI is InChI=1S/C42H52N6O10S/c1-23(2)57-29-11-15-33(43-21-29)34-18-26-17-28(56-5)10-14-32(26)38(44-34)58-30-19-35-37(49)46-42(40(51)47-59(54,55)31-12-13-31)20-27(42)9-7-6-8-24(3)16-25(4)36(45-41(52)53)39(50)48(35)22-30/h7,9-11,14-15,17-18,21,23-25,27,30-31,35-36,45H,6,8,12-13,16,19-20,22H2,1-5H3,(H,46,49)(H,47,51)(H,52,53)/t24-,25+,27+,30+,35-,36-,42+/m0/s1. The average molecular weight is 833 g/mol. The van der Waals surface area contributed by atoms with Crippen LogP contribution in [0.25, 0.3) is 22.2 Å². The van der Waals surface area contributed by atoms with Gasteiger partial charge in [-0.25, -0.2) is 18.2 Å². The van der Waals surface area contributed by atoms with Crippen molar-refractivity contribution in [3.05, 3.63) is 54.7 Å². The maximum absolute atomic E-state index is 14.6. The lowest BCUT2D eigenvalue weighted by Gasteiger charge is -2.32. The van der Waals surface area contributed by atoms with Crippen molar-refractivity contribution < 1.29 is 46.9 Å². The van der Waals surface area contributed by atoms with Gasteiger partial charge in [-0.1, -0.05) is 26.0 Å². The molecule has 3 aromatic rings. The highest BCUT2D eigenvalue weighted by molar-refractivity contribution is 7.91. The van der Waals surface area contributed by atoms with Gasteiger partial charge in [0, 0.05) is 17.7 Å². The highest BCUT2D eigenvalue weighted by Gasteiger charge is 2.62. The highest BCUT2D eigenvalue weighted by atomic mass is 32.2. The quantitative estimate of drug-likeness (QED) is 0.207. The van der Waals surface area contributed by atoms with Crippen LogP contribution in [-0.2, 0) is 24.4 Å². The number of amides is 4. The molecule has 1 aromatic carbocycles. The van der Waals surface area contributed by atoms with E-state index in [9.17, 15) is 32.7 Å². The number of nitrogens with zero attached hydrogens (tertiary/aromatic N) is 3. The summed E-state index contributed by atoms with van der Waals surface area (Å²) in [6.07, 6.45) is 6.05. The molecule has 4 heterocycles. The second-order valence-corrected chi connectivity index (χ2v) is 18.6. The molecule has 3 fully saturated rings. The van der Waals surface area contributed by atoms with E-state index in [1.807, 2.05) is 52.0 Å². The fraction of sp³-hybridized carbons (Fsp3) is 0.524. The maximum Gasteiger partial charge on any atom is 0.405 e. The summed E-state index contributed by atoms with van der Waals surface area (Å²) in [7, 11) is -2.37. The summed E-state index contributed by atoms with van der Waals surface area (Å²) >= 11 is 0. The SMILES string of the molecule is COc1ccc2c(O[C@@H]3C[C@H]4C(=O)N[C@]5(C(=O)NS(=O)(=O)C6CC6)C[C@H]5C=CCC[C@H](C)C[C@@H](C)[C@H](NC(=O)O)C(=O)N4C3)nc(-c3ccc(OC(C)C)cn3)cc2c1. The topological polar surface area (TPSA) is 215 Å². The second kappa shape index (κ2) is 16.7. The monoisotopic (exact) mass is 832 g/mol. The highest BCUT2D eigenvalue weighted by Crippen LogP contribution is 2.46. The molecule has 2 saturated carbocycles. The third kappa shape index (κ3) is 9.24. The Morgan fingerprint density at radius 3 is 2.47 bits per heavy atom. The Bertz CT molecular complexity index is 2250. The van der Waals surface area contributed by atoms with Gasteiger partial charge in [0.25, 0.3) is 5.91 Å². The van der Waals surface area contributed by atoms with Crippen molar-refractivity contribution >= 4 is 44.6 Å². The predicted octanol–water partition coefficient (Wildman–Crippen LogP) is 4.57. The van der Waals surface area contributed by atoms with E-state index >= 15 is 0 Å². The van der Waals surface area contributed by atoms with Crippen LogP contribution < -0.4 is 29.6 Å². The number of rotatable bonds is 10. The number of carboxylic acid groups (broad SMARTS) is 1. The van der Waals surface area contributed by atoms with E-state index in [0.29, 0.717) is 54.0 Å². The van der Waals surface area contributed by atoms with Gasteiger partial charge in [0.15, 0.2) is 0 Å². The van der Waals surface area contributed by atoms with E-state index in [1.54, 1.807) is 37.6 Å². The molecular weight excluding hydrogens is 781 g/mol. The van der Waals surface area contributed by atoms with Crippen molar-refractivity contribution in [3.8, 4) is 28.8 Å². The molecule has 4 amide bonds. The summed E-state index contributed by atoms with van der Waals surface area (Å²) in [6, 6.07) is 8.43. The van der Waals surface area contributed by atoms with Gasteiger partial charge in [0.05, 0.1) is 42.6 Å². The zero-order valence-corrected chi connectivity index (χ0v) is 34.7. The Labute approximate surface area is 343 Å². The van der Waals surface area contributed by atoms with E-state index < -0.39 is 74.7 Å². The van der Waals surface area contributed by atoms with Gasteiger partial charge in [-0.2, -0.15) is 0 Å². The normalized spacial score (nSPS) is 27.5. The fourth-order valence-electron chi connectivity index (χ4n) is 8.21. The molecule has 1 saturated heterocycles. The summed E-state index contributed by atoms with van der Waals surface area (Å²) in [5, 5.41) is 15.8. The van der Waals surface area contributed by atoms with Gasteiger partial charge in [-0.3, -0.25) is 24.1 Å². The van der Waals surface area contributed by atoms with E-state index in [4.69, 9.17) is 19.2 Å². The molecule has 4 N–H and O–H groups in total. The van der Waals surface area contributed by atoms with Crippen LogP contribution in [0, 0.1) is 17.8 Å². The summed E-state index contributed by atoms with van der Waals surface area (Å²) in [5.74, 6) is -1.54. The van der Waals surface area contributed by atoms with Crippen LogP contribution in [0.15, 0.2) is 54.7 Å². The average Bonchev–Trinajstić information content (AvgIpc) is 4.11. The Balaban J connectivity index is 1.24. The number of benzene rings is 1. The Kier molecular flexibility index (Phi) is 11.8. The van der Waals surface area contributed by atoms with Gasteiger partial charge >= 0.3 is 6.09 Å². The zero-order chi connectivity index (χ0) is 42.2. The minimum atomic E-state index is -3.93. The molecule has 2 aromatic heterocycles. The number of ether oxygens (including phenoxy) is 3. The number of hydrogen-bond donors (Lipinski definition) is 4. The minimum Gasteiger partial charge on any atom is -0.497 e. The molecule has 2 aliphatic carbocycles. The molecule has 316 valence electrons. The van der Waals surface area contributed by atoms with Gasteiger partial charge < -0.3 is 34.9 Å². The van der Waals surface area contributed by atoms with Crippen molar-refractivity contribution in [1.29, 1.82) is 0 Å². The first-order chi connectivity index (χ1) is 28.1. The van der Waals surface area contributed by atoms with Crippen LogP contribution in [0.1, 0.15) is 72.6 Å². The number of allylic oxidation sites excluding steroid dienone is 1. The number of sulfonamides is 1. The summed E-state index contributed by atoms with van der Waals surface area (Å²) in [5.41, 5.74) is -0.543. The second-order valence-electron chi connectivity index (χ2n) is 16.6. The lowest BCUT2D eigenvalue weighted by molar-refractivity contribution is -0.142. The molecule has 7 rings (SSSR count). The summed E-state index contributed by atoms with van der Waals surface area (Å²) in [4.78, 5) is 65.8. The number of aromatic nitrogens is 2. The van der Waals surface area contributed by atoms with Crippen LogP contribution in [0.5, 0.6) is 17.4 Å². The van der Waals surface area contributed by atoms with Crippen molar-refractivity contribution in [2.75, 3.05) is 13.7 Å². The van der Waals surface area contributed by atoms with Crippen LogP contribution in [0.3, 0.4) is 0 Å². The Morgan fingerprint density at radius 2 is 1.80 bits per heavy atom. The number of fused-ring (bicyclic) bond motifs is 3. The third-order valence-electron chi connectivity index (χ3n) is 11.5. The Morgan fingerprint density at radius 1 is 1.03 bits per heavy atom. The molecule has 0 radical (unpaired) electrons. The molecule has 0 bridgehead atoms. The molecule has 2 aliphatic heterocycles. The predicted molar refractivity (Wildman–Crippen MR) is 217 cm³/mol. The fourth-order valence-corrected chi connectivity index (χ4v) is 9.58. The van der Waals surface area contributed by atoms with Crippen molar-refractivity contribution in [2.45, 2.75) is 108 Å². The lowest BCUT2D eigenvalue weighted by atomic mass is 9.88. The van der Waals surface area contributed by atoms with Gasteiger partial charge in [0.1, 0.15) is 35.2 Å². The lowest BCUT2D eigenvalue weighted by Crippen LogP contribution is -2.59. The van der Waals surface area contributed by atoms with Crippen molar-refractivity contribution in [3.63, 3.8) is 0 Å². The summed E-state index contributed by atoms with van der Waals surface area (Å²) < 4.78 is 45.9. The molecule has 4 aliphatic rings. The van der Waals surface area contributed by atoms with Gasteiger partial charge in [0.2, 0.25) is 27.7 Å². The van der Waals surface area contributed by atoms with Crippen LogP contribution in [-0.4, -0.2) is 101 Å². The van der Waals surface area contributed by atoms with E-state index in [0.717, 1.165) is 11.8 Å². The number of hydrogen-bond acceptors (Lipinski definition) is 11. The van der Waals surface area contributed by atoms with Gasteiger partial charge in [-0.05, 0) is 106 Å². The van der Waals surface area contributed by atoms with E-state index in [2.05, 4.69) is 20.3 Å². The van der Waals surface area contributed by atoms with E-state index in [-0.39, 0.29) is 37.3 Å². The third-order valence-corrected chi connectivity index (χ3v) is 13.4. The number of carbonyl (C=O) groups excluding carboxylic acids is 3. The molecule has 17 heteroatoms. The van der Waals surface area contributed by atoms with Crippen molar-refractivity contribution in [2.24, 2.45) is 17.8 Å². The van der Waals surface area contributed by atoms with Crippen molar-refractivity contribution in [1.82, 2.24) is 30.2 Å². The molecule has 0 unspecified atom stereocenters. The van der Waals surface area contributed by atoms with Crippen LogP contribution >= 0.6 is 0 Å². The largest absolute Gasteiger partial charge is 0.497 e. The molecule has 7 atom stereocenters. The van der Waals surface area contributed by atoms with Gasteiger partial charge in [-0.15, -0.1) is 0 Å². The number of carbonyl (C=O) groups is 4. The zero-order valence-electron chi connectivity index (χ0n) is 33.8.